The van der Waals surface area contributed by atoms with Gasteiger partial charge in [0.05, 0.1) is 14.7 Å². The normalized spacial score (nSPS) is 10.9. The number of hydrogen-bond donors (Lipinski definition) is 1. The second kappa shape index (κ2) is 5.19. The van der Waals surface area contributed by atoms with Crippen LogP contribution in [0.15, 0.2) is 39.4 Å². The number of thiazole rings is 1. The first-order chi connectivity index (χ1) is 9.11. The van der Waals surface area contributed by atoms with Gasteiger partial charge in [-0.1, -0.05) is 17.4 Å². The Balaban J connectivity index is 1.96. The molecule has 1 N–H and O–H groups in total. The lowest BCUT2D eigenvalue weighted by Gasteiger charge is -2.03. The maximum Gasteiger partial charge on any atom is 0.189 e. The molecule has 0 aliphatic rings. The van der Waals surface area contributed by atoms with Crippen LogP contribution in [0.25, 0.3) is 10.2 Å². The molecule has 6 heteroatoms. The van der Waals surface area contributed by atoms with E-state index in [2.05, 4.69) is 66.2 Å². The zero-order valence-electron chi connectivity index (χ0n) is 9.95. The molecule has 19 heavy (non-hydrogen) atoms. The van der Waals surface area contributed by atoms with E-state index in [4.69, 9.17) is 0 Å². The number of aryl methyl sites for hydroxylation is 1. The minimum atomic E-state index is 0.763. The van der Waals surface area contributed by atoms with Crippen LogP contribution in [-0.2, 0) is 0 Å². The number of rotatable bonds is 2. The number of pyridine rings is 1. The van der Waals surface area contributed by atoms with Crippen LogP contribution in [-0.4, -0.2) is 9.97 Å². The van der Waals surface area contributed by atoms with Crippen molar-refractivity contribution in [1.82, 2.24) is 9.97 Å². The molecule has 0 spiro atoms. The van der Waals surface area contributed by atoms with Crippen LogP contribution in [0.5, 0.6) is 0 Å². The van der Waals surface area contributed by atoms with Crippen LogP contribution in [0.4, 0.5) is 10.9 Å². The van der Waals surface area contributed by atoms with Crippen LogP contribution >= 0.6 is 43.2 Å². The molecule has 0 radical (unpaired) electrons. The van der Waals surface area contributed by atoms with Gasteiger partial charge < -0.3 is 5.32 Å². The van der Waals surface area contributed by atoms with Crippen molar-refractivity contribution in [2.24, 2.45) is 0 Å². The topological polar surface area (TPSA) is 37.8 Å². The van der Waals surface area contributed by atoms with Crippen molar-refractivity contribution in [3.8, 4) is 0 Å². The Morgan fingerprint density at radius 2 is 2.05 bits per heavy atom. The van der Waals surface area contributed by atoms with Gasteiger partial charge in [-0.15, -0.1) is 0 Å². The molecule has 0 saturated carbocycles. The van der Waals surface area contributed by atoms with Gasteiger partial charge in [-0.25, -0.2) is 9.97 Å². The van der Waals surface area contributed by atoms with E-state index in [0.29, 0.717) is 0 Å². The van der Waals surface area contributed by atoms with Crippen molar-refractivity contribution in [2.75, 3.05) is 5.32 Å². The van der Waals surface area contributed by atoms with Crippen LogP contribution in [0.1, 0.15) is 5.56 Å². The highest BCUT2D eigenvalue weighted by molar-refractivity contribution is 9.11. The van der Waals surface area contributed by atoms with Gasteiger partial charge in [0, 0.05) is 10.7 Å². The largest absolute Gasteiger partial charge is 0.315 e. The SMILES string of the molecule is Cc1ccc2nc(Nc3ncc(Br)cc3Br)sc2c1. The van der Waals surface area contributed by atoms with Crippen molar-refractivity contribution in [3.05, 3.63) is 45.0 Å². The molecule has 0 fully saturated rings. The first kappa shape index (κ1) is 13.0. The summed E-state index contributed by atoms with van der Waals surface area (Å²) in [4.78, 5) is 8.87. The van der Waals surface area contributed by atoms with Crippen LogP contribution in [0.2, 0.25) is 0 Å². The fourth-order valence-corrected chi connectivity index (χ4v) is 3.74. The number of nitrogens with zero attached hydrogens (tertiary/aromatic N) is 2. The van der Waals surface area contributed by atoms with E-state index < -0.39 is 0 Å². The number of benzene rings is 1. The third kappa shape index (κ3) is 2.80. The Hall–Kier alpha value is -0.980. The van der Waals surface area contributed by atoms with Crippen molar-refractivity contribution in [2.45, 2.75) is 6.92 Å². The Labute approximate surface area is 131 Å². The zero-order chi connectivity index (χ0) is 13.4. The summed E-state index contributed by atoms with van der Waals surface area (Å²) in [7, 11) is 0. The highest BCUT2D eigenvalue weighted by Crippen LogP contribution is 2.31. The number of hydrogen-bond acceptors (Lipinski definition) is 4. The molecule has 1 aromatic carbocycles. The molecule has 0 aliphatic heterocycles. The number of anilines is 2. The maximum atomic E-state index is 4.55. The van der Waals surface area contributed by atoms with Gasteiger partial charge in [-0.2, -0.15) is 0 Å². The minimum Gasteiger partial charge on any atom is -0.315 e. The van der Waals surface area contributed by atoms with Crippen molar-refractivity contribution < 1.29 is 0 Å². The Bertz CT molecular complexity index is 755. The third-order valence-corrected chi connectivity index (χ3v) is 4.55. The molecule has 2 heterocycles. The van der Waals surface area contributed by atoms with E-state index in [1.54, 1.807) is 17.5 Å². The molecule has 0 aliphatic carbocycles. The molecule has 0 amide bonds. The second-order valence-corrected chi connectivity index (χ2v) is 6.90. The van der Waals surface area contributed by atoms with Gasteiger partial charge >= 0.3 is 0 Å². The Kier molecular flexibility index (Phi) is 3.56. The summed E-state index contributed by atoms with van der Waals surface area (Å²) in [6.45, 7) is 2.08. The van der Waals surface area contributed by atoms with Gasteiger partial charge in [0.1, 0.15) is 5.82 Å². The van der Waals surface area contributed by atoms with E-state index in [0.717, 1.165) is 25.4 Å². The molecular formula is C13H9Br2N3S. The molecule has 0 unspecified atom stereocenters. The zero-order valence-corrected chi connectivity index (χ0v) is 13.9. The lowest BCUT2D eigenvalue weighted by atomic mass is 10.2. The summed E-state index contributed by atoms with van der Waals surface area (Å²) in [5.41, 5.74) is 2.25. The number of nitrogens with one attached hydrogen (secondary N) is 1. The molecule has 0 saturated heterocycles. The summed E-state index contributed by atoms with van der Waals surface area (Å²) in [5.74, 6) is 0.763. The summed E-state index contributed by atoms with van der Waals surface area (Å²) >= 11 is 8.49. The molecule has 0 atom stereocenters. The van der Waals surface area contributed by atoms with E-state index in [1.165, 1.54) is 10.3 Å². The van der Waals surface area contributed by atoms with Crippen LogP contribution in [0, 0.1) is 6.92 Å². The number of halogens is 2. The monoisotopic (exact) mass is 397 g/mol. The predicted octanol–water partition coefficient (Wildman–Crippen LogP) is 5.27. The van der Waals surface area contributed by atoms with Crippen molar-refractivity contribution >= 4 is 64.4 Å². The summed E-state index contributed by atoms with van der Waals surface area (Å²) < 4.78 is 3.01. The average Bonchev–Trinajstić information content (AvgIpc) is 2.74. The molecule has 3 aromatic rings. The van der Waals surface area contributed by atoms with Crippen LogP contribution < -0.4 is 5.32 Å². The Morgan fingerprint density at radius 3 is 2.84 bits per heavy atom. The predicted molar refractivity (Wildman–Crippen MR) is 87.3 cm³/mol. The third-order valence-electron chi connectivity index (χ3n) is 2.58. The minimum absolute atomic E-state index is 0.763. The highest BCUT2D eigenvalue weighted by Gasteiger charge is 2.07. The molecule has 0 bridgehead atoms. The second-order valence-electron chi connectivity index (χ2n) is 4.10. The van der Waals surface area contributed by atoms with Gasteiger partial charge in [-0.3, -0.25) is 0 Å². The average molecular weight is 399 g/mol. The van der Waals surface area contributed by atoms with Crippen molar-refractivity contribution in [1.29, 1.82) is 0 Å². The first-order valence-corrected chi connectivity index (χ1v) is 7.97. The van der Waals surface area contributed by atoms with E-state index >= 15 is 0 Å². The molecule has 3 rings (SSSR count). The molecular weight excluding hydrogens is 390 g/mol. The molecule has 2 aromatic heterocycles. The quantitative estimate of drug-likeness (QED) is 0.638. The lowest BCUT2D eigenvalue weighted by Crippen LogP contribution is -1.93. The van der Waals surface area contributed by atoms with Gasteiger partial charge in [0.2, 0.25) is 0 Å². The van der Waals surface area contributed by atoms with Gasteiger partial charge in [0.15, 0.2) is 5.13 Å². The van der Waals surface area contributed by atoms with E-state index in [1.807, 2.05) is 12.1 Å². The standard InChI is InChI=1S/C13H9Br2N3S/c1-7-2-3-10-11(4-7)19-13(17-10)18-12-9(15)5-8(14)6-16-12/h2-6H,1H3,(H,16,17,18). The summed E-state index contributed by atoms with van der Waals surface area (Å²) in [6, 6.07) is 8.20. The van der Waals surface area contributed by atoms with Crippen molar-refractivity contribution in [3.63, 3.8) is 0 Å². The fraction of sp³-hybridized carbons (Fsp3) is 0.0769. The summed E-state index contributed by atoms with van der Waals surface area (Å²) in [5, 5.41) is 4.08. The first-order valence-electron chi connectivity index (χ1n) is 5.57. The highest BCUT2D eigenvalue weighted by atomic mass is 79.9. The smallest absolute Gasteiger partial charge is 0.189 e. The number of aromatic nitrogens is 2. The van der Waals surface area contributed by atoms with Crippen LogP contribution in [0.3, 0.4) is 0 Å². The van der Waals surface area contributed by atoms with E-state index in [-0.39, 0.29) is 0 Å². The lowest BCUT2D eigenvalue weighted by molar-refractivity contribution is 1.27. The molecule has 3 nitrogen and oxygen atoms in total. The fourth-order valence-electron chi connectivity index (χ4n) is 1.69. The number of fused-ring (bicyclic) bond motifs is 1. The van der Waals surface area contributed by atoms with Gasteiger partial charge in [0.25, 0.3) is 0 Å². The molecule has 96 valence electrons. The van der Waals surface area contributed by atoms with Gasteiger partial charge in [-0.05, 0) is 62.5 Å². The van der Waals surface area contributed by atoms with E-state index in [9.17, 15) is 0 Å². The summed E-state index contributed by atoms with van der Waals surface area (Å²) in [6.07, 6.45) is 1.75. The Morgan fingerprint density at radius 1 is 1.21 bits per heavy atom. The maximum absolute atomic E-state index is 4.55.